The molecule has 1 N–H and O–H groups in total. The zero-order valence-corrected chi connectivity index (χ0v) is 15.0. The fraction of sp³-hybridized carbons (Fsp3) is 0.526. The van der Waals surface area contributed by atoms with Gasteiger partial charge in [-0.1, -0.05) is 13.0 Å². The largest absolute Gasteiger partial charge is 0.343 e. The van der Waals surface area contributed by atoms with E-state index < -0.39 is 0 Å². The first-order valence-corrected chi connectivity index (χ1v) is 8.81. The molecule has 0 saturated carbocycles. The number of hydrogen-bond acceptors (Lipinski definition) is 4. The maximum atomic E-state index is 12.3. The summed E-state index contributed by atoms with van der Waals surface area (Å²) in [7, 11) is 1.84. The summed E-state index contributed by atoms with van der Waals surface area (Å²) in [5.41, 5.74) is 1.07. The molecular weight excluding hydrogens is 316 g/mol. The van der Waals surface area contributed by atoms with E-state index >= 15 is 0 Å². The van der Waals surface area contributed by atoms with Crippen LogP contribution in [0.2, 0.25) is 0 Å². The maximum absolute atomic E-state index is 12.3. The van der Waals surface area contributed by atoms with Gasteiger partial charge in [-0.05, 0) is 37.6 Å². The van der Waals surface area contributed by atoms with Gasteiger partial charge in [-0.15, -0.1) is 0 Å². The molecule has 1 aromatic rings. The summed E-state index contributed by atoms with van der Waals surface area (Å²) in [5, 5.41) is 11.6. The Bertz CT molecular complexity index is 645. The molecule has 134 valence electrons. The van der Waals surface area contributed by atoms with Crippen LogP contribution in [0.4, 0.5) is 5.69 Å². The van der Waals surface area contributed by atoms with Crippen LogP contribution >= 0.6 is 0 Å². The van der Waals surface area contributed by atoms with Gasteiger partial charge in [0.05, 0.1) is 11.6 Å². The summed E-state index contributed by atoms with van der Waals surface area (Å²) in [6, 6.07) is 9.05. The molecule has 6 nitrogen and oxygen atoms in total. The van der Waals surface area contributed by atoms with Crippen molar-refractivity contribution in [1.82, 2.24) is 9.80 Å². The number of benzene rings is 1. The topological polar surface area (TPSA) is 76.4 Å². The highest BCUT2D eigenvalue weighted by Gasteiger charge is 2.24. The first kappa shape index (κ1) is 18.9. The Hall–Kier alpha value is -2.39. The van der Waals surface area contributed by atoms with Crippen molar-refractivity contribution >= 4 is 17.5 Å². The molecule has 2 rings (SSSR count). The number of piperidine rings is 1. The lowest BCUT2D eigenvalue weighted by atomic mass is 10.0. The Kier molecular flexibility index (Phi) is 6.96. The van der Waals surface area contributed by atoms with Crippen LogP contribution in [0.5, 0.6) is 0 Å². The number of anilines is 1. The summed E-state index contributed by atoms with van der Waals surface area (Å²) in [5.74, 6) is -0.200. The molecular formula is C19H26N4O2. The Morgan fingerprint density at radius 1 is 1.32 bits per heavy atom. The second-order valence-corrected chi connectivity index (χ2v) is 6.41. The standard InChI is InChI=1S/C19H26N4O2/c1-3-23-11-9-17(10-12-23)22(2)19(25)8-7-18(24)21-16-6-4-5-15(13-16)14-20/h4-6,13,17H,3,7-12H2,1-2H3,(H,21,24). The first-order valence-electron chi connectivity index (χ1n) is 8.81. The third kappa shape index (κ3) is 5.57. The predicted octanol–water partition coefficient (Wildman–Crippen LogP) is 2.22. The van der Waals surface area contributed by atoms with Gasteiger partial charge in [0.1, 0.15) is 0 Å². The summed E-state index contributed by atoms with van der Waals surface area (Å²) in [6.07, 6.45) is 2.33. The Labute approximate surface area is 149 Å². The van der Waals surface area contributed by atoms with Crippen LogP contribution in [0.15, 0.2) is 24.3 Å². The Balaban J connectivity index is 1.77. The van der Waals surface area contributed by atoms with E-state index in [9.17, 15) is 9.59 Å². The summed E-state index contributed by atoms with van der Waals surface area (Å²) in [4.78, 5) is 28.6. The van der Waals surface area contributed by atoms with Crippen LogP contribution in [0, 0.1) is 11.3 Å². The Morgan fingerprint density at radius 3 is 2.68 bits per heavy atom. The smallest absolute Gasteiger partial charge is 0.224 e. The van der Waals surface area contributed by atoms with Gasteiger partial charge < -0.3 is 15.1 Å². The number of carbonyl (C=O) groups excluding carboxylic acids is 2. The number of nitrogens with one attached hydrogen (secondary N) is 1. The van der Waals surface area contributed by atoms with Crippen LogP contribution in [-0.2, 0) is 9.59 Å². The third-order valence-corrected chi connectivity index (χ3v) is 4.79. The van der Waals surface area contributed by atoms with Crippen molar-refractivity contribution < 1.29 is 9.59 Å². The maximum Gasteiger partial charge on any atom is 0.224 e. The monoisotopic (exact) mass is 342 g/mol. The first-order chi connectivity index (χ1) is 12.0. The molecule has 0 aliphatic carbocycles. The van der Waals surface area contributed by atoms with Crippen LogP contribution in [0.25, 0.3) is 0 Å². The minimum Gasteiger partial charge on any atom is -0.343 e. The predicted molar refractivity (Wildman–Crippen MR) is 96.9 cm³/mol. The van der Waals surface area contributed by atoms with Crippen molar-refractivity contribution in [2.24, 2.45) is 0 Å². The molecule has 0 bridgehead atoms. The third-order valence-electron chi connectivity index (χ3n) is 4.79. The van der Waals surface area contributed by atoms with E-state index in [2.05, 4.69) is 17.1 Å². The summed E-state index contributed by atoms with van der Waals surface area (Å²) < 4.78 is 0. The highest BCUT2D eigenvalue weighted by Crippen LogP contribution is 2.16. The molecule has 1 aromatic carbocycles. The fourth-order valence-electron chi connectivity index (χ4n) is 3.11. The molecule has 6 heteroatoms. The lowest BCUT2D eigenvalue weighted by Crippen LogP contribution is -2.45. The van der Waals surface area contributed by atoms with Crippen molar-refractivity contribution in [3.8, 4) is 6.07 Å². The van der Waals surface area contributed by atoms with Crippen LogP contribution in [-0.4, -0.2) is 54.3 Å². The molecule has 0 aromatic heterocycles. The van der Waals surface area contributed by atoms with E-state index in [-0.39, 0.29) is 30.7 Å². The van der Waals surface area contributed by atoms with E-state index in [1.165, 1.54) is 0 Å². The number of carbonyl (C=O) groups is 2. The van der Waals surface area contributed by atoms with Crippen LogP contribution in [0.3, 0.4) is 0 Å². The van der Waals surface area contributed by atoms with Crippen LogP contribution in [0.1, 0.15) is 38.2 Å². The highest BCUT2D eigenvalue weighted by atomic mass is 16.2. The van der Waals surface area contributed by atoms with Crippen LogP contribution < -0.4 is 5.32 Å². The highest BCUT2D eigenvalue weighted by molar-refractivity contribution is 5.93. The van der Waals surface area contributed by atoms with E-state index in [1.54, 1.807) is 29.2 Å². The van der Waals surface area contributed by atoms with Gasteiger partial charge in [0, 0.05) is 44.7 Å². The van der Waals surface area contributed by atoms with Crippen molar-refractivity contribution in [2.45, 2.75) is 38.6 Å². The molecule has 0 radical (unpaired) electrons. The molecule has 1 aliphatic rings. The molecule has 1 heterocycles. The minimum absolute atomic E-state index is 0.0101. The van der Waals surface area contributed by atoms with Gasteiger partial charge in [-0.25, -0.2) is 0 Å². The average molecular weight is 342 g/mol. The SMILES string of the molecule is CCN1CCC(N(C)C(=O)CCC(=O)Nc2cccc(C#N)c2)CC1. The number of nitriles is 1. The number of amides is 2. The van der Waals surface area contributed by atoms with Crippen molar-refractivity contribution in [3.05, 3.63) is 29.8 Å². The van der Waals surface area contributed by atoms with Gasteiger partial charge in [0.2, 0.25) is 11.8 Å². The van der Waals surface area contributed by atoms with Crippen molar-refractivity contribution in [3.63, 3.8) is 0 Å². The van der Waals surface area contributed by atoms with Gasteiger partial charge in [0.15, 0.2) is 0 Å². The molecule has 1 aliphatic heterocycles. The lowest BCUT2D eigenvalue weighted by molar-refractivity contribution is -0.134. The molecule has 2 amide bonds. The van der Waals surface area contributed by atoms with Crippen molar-refractivity contribution in [2.75, 3.05) is 32.0 Å². The molecule has 0 unspecified atom stereocenters. The number of hydrogen-bond donors (Lipinski definition) is 1. The normalized spacial score (nSPS) is 15.4. The summed E-state index contributed by atoms with van der Waals surface area (Å²) in [6.45, 7) is 5.25. The van der Waals surface area contributed by atoms with E-state index in [1.807, 2.05) is 13.1 Å². The van der Waals surface area contributed by atoms with E-state index in [4.69, 9.17) is 5.26 Å². The number of rotatable bonds is 6. The van der Waals surface area contributed by atoms with Gasteiger partial charge in [-0.3, -0.25) is 9.59 Å². The zero-order valence-electron chi connectivity index (χ0n) is 15.0. The lowest BCUT2D eigenvalue weighted by Gasteiger charge is -2.36. The van der Waals surface area contributed by atoms with Gasteiger partial charge in [-0.2, -0.15) is 5.26 Å². The quantitative estimate of drug-likeness (QED) is 0.860. The van der Waals surface area contributed by atoms with E-state index in [0.29, 0.717) is 11.3 Å². The molecule has 1 fully saturated rings. The molecule has 0 spiro atoms. The van der Waals surface area contributed by atoms with Gasteiger partial charge in [0.25, 0.3) is 0 Å². The zero-order chi connectivity index (χ0) is 18.2. The summed E-state index contributed by atoms with van der Waals surface area (Å²) >= 11 is 0. The molecule has 25 heavy (non-hydrogen) atoms. The Morgan fingerprint density at radius 2 is 2.04 bits per heavy atom. The number of likely N-dealkylation sites (tertiary alicyclic amines) is 1. The van der Waals surface area contributed by atoms with Crippen molar-refractivity contribution in [1.29, 1.82) is 5.26 Å². The number of nitrogens with zero attached hydrogens (tertiary/aromatic N) is 3. The average Bonchev–Trinajstić information content (AvgIpc) is 2.65. The minimum atomic E-state index is -0.211. The van der Waals surface area contributed by atoms with Gasteiger partial charge >= 0.3 is 0 Å². The second-order valence-electron chi connectivity index (χ2n) is 6.41. The van der Waals surface area contributed by atoms with E-state index in [0.717, 1.165) is 32.5 Å². The molecule has 0 atom stereocenters. The fourth-order valence-corrected chi connectivity index (χ4v) is 3.11. The second kappa shape index (κ2) is 9.19. The molecule has 1 saturated heterocycles.